The van der Waals surface area contributed by atoms with Gasteiger partial charge in [-0.05, 0) is 6.92 Å². The first-order valence-electron chi connectivity index (χ1n) is 4.22. The van der Waals surface area contributed by atoms with Crippen LogP contribution in [0.15, 0.2) is 0 Å². The molecule has 3 heteroatoms. The number of nitrogens with one attached hydrogen (secondary N) is 1. The van der Waals surface area contributed by atoms with Crippen LogP contribution >= 0.6 is 0 Å². The largest absolute Gasteiger partial charge is 0.447 e. The molecule has 1 heterocycles. The lowest BCUT2D eigenvalue weighted by Crippen LogP contribution is -2.21. The summed E-state index contributed by atoms with van der Waals surface area (Å²) in [7, 11) is 0. The van der Waals surface area contributed by atoms with Gasteiger partial charge in [0.25, 0.3) is 0 Å². The molecule has 3 nitrogen and oxygen atoms in total. The van der Waals surface area contributed by atoms with Gasteiger partial charge < -0.3 is 10.1 Å². The number of ether oxygens (including phenoxy) is 1. The van der Waals surface area contributed by atoms with Crippen molar-refractivity contribution in [3.8, 4) is 0 Å². The number of carbonyl (C=O) groups excluding carboxylic acids is 1. The van der Waals surface area contributed by atoms with Gasteiger partial charge in [-0.1, -0.05) is 27.7 Å². The zero-order valence-corrected chi connectivity index (χ0v) is 8.10. The van der Waals surface area contributed by atoms with Crippen molar-refractivity contribution >= 4 is 6.09 Å². The van der Waals surface area contributed by atoms with E-state index < -0.39 is 0 Å². The quantitative estimate of drug-likeness (QED) is 0.591. The molecule has 1 fully saturated rings. The van der Waals surface area contributed by atoms with Gasteiger partial charge in [0.15, 0.2) is 0 Å². The second-order valence-electron chi connectivity index (χ2n) is 1.64. The first-order valence-corrected chi connectivity index (χ1v) is 4.22. The smallest absolute Gasteiger partial charge is 0.407 e. The minimum Gasteiger partial charge on any atom is -0.447 e. The molecule has 0 aromatic rings. The molecule has 0 aliphatic carbocycles. The van der Waals surface area contributed by atoms with Gasteiger partial charge in [0.1, 0.15) is 6.61 Å². The molecule has 11 heavy (non-hydrogen) atoms. The Hall–Kier alpha value is -0.730. The summed E-state index contributed by atoms with van der Waals surface area (Å²) in [5.74, 6) is 0. The maximum atomic E-state index is 10.1. The molecule has 0 aromatic carbocycles. The first kappa shape index (κ1) is 12.9. The Morgan fingerprint density at radius 2 is 1.82 bits per heavy atom. The Balaban J connectivity index is 0. The van der Waals surface area contributed by atoms with Gasteiger partial charge in [0.2, 0.25) is 0 Å². The van der Waals surface area contributed by atoms with Crippen LogP contribution in [0.2, 0.25) is 0 Å². The molecule has 1 saturated heterocycles. The number of amides is 1. The number of carbonyl (C=O) groups is 1. The molecule has 68 valence electrons. The van der Waals surface area contributed by atoms with Gasteiger partial charge >= 0.3 is 6.09 Å². The van der Waals surface area contributed by atoms with Crippen LogP contribution in [0.5, 0.6) is 0 Å². The molecule has 0 bridgehead atoms. The minimum atomic E-state index is -0.299. The second kappa shape index (κ2) is 9.27. The predicted molar refractivity (Wildman–Crippen MR) is 46.6 cm³/mol. The maximum absolute atomic E-state index is 10.1. The monoisotopic (exact) mass is 161 g/mol. The Kier molecular flexibility index (Phi) is 10.9. The van der Waals surface area contributed by atoms with Crippen LogP contribution < -0.4 is 5.32 Å². The number of alkyl carbamates (subject to hydrolysis) is 1. The standard InChI is InChI=1S/C4H7NO2.2C2H6/c1-3-2-7-4(6)5-3;2*1-2/h3H,2H2,1H3,(H,5,6);2*1-2H3. The Bertz CT molecular complexity index is 94.1. The van der Waals surface area contributed by atoms with Gasteiger partial charge in [-0.3, -0.25) is 0 Å². The molecule has 1 atom stereocenters. The number of hydrogen-bond acceptors (Lipinski definition) is 2. The summed E-state index contributed by atoms with van der Waals surface area (Å²) in [4.78, 5) is 10.1. The van der Waals surface area contributed by atoms with Gasteiger partial charge in [0, 0.05) is 0 Å². The van der Waals surface area contributed by atoms with Crippen LogP contribution in [-0.2, 0) is 4.74 Å². The van der Waals surface area contributed by atoms with E-state index in [1.807, 2.05) is 34.6 Å². The van der Waals surface area contributed by atoms with E-state index in [9.17, 15) is 4.79 Å². The van der Waals surface area contributed by atoms with Crippen molar-refractivity contribution in [3.63, 3.8) is 0 Å². The van der Waals surface area contributed by atoms with Crippen molar-refractivity contribution < 1.29 is 9.53 Å². The first-order chi connectivity index (χ1) is 5.29. The molecule has 0 aromatic heterocycles. The van der Waals surface area contributed by atoms with Crippen LogP contribution in [0, 0.1) is 0 Å². The van der Waals surface area contributed by atoms with E-state index in [4.69, 9.17) is 0 Å². The summed E-state index contributed by atoms with van der Waals surface area (Å²) < 4.78 is 4.52. The highest BCUT2D eigenvalue weighted by Crippen LogP contribution is 1.93. The van der Waals surface area contributed by atoms with E-state index in [0.717, 1.165) is 0 Å². The summed E-state index contributed by atoms with van der Waals surface area (Å²) in [6.45, 7) is 10.4. The summed E-state index contributed by atoms with van der Waals surface area (Å²) in [5, 5.41) is 2.56. The third-order valence-electron chi connectivity index (χ3n) is 0.829. The van der Waals surface area contributed by atoms with E-state index in [-0.39, 0.29) is 12.1 Å². The van der Waals surface area contributed by atoms with Gasteiger partial charge in [0.05, 0.1) is 6.04 Å². The summed E-state index contributed by atoms with van der Waals surface area (Å²) >= 11 is 0. The van der Waals surface area contributed by atoms with Gasteiger partial charge in [-0.25, -0.2) is 4.79 Å². The molecule has 0 radical (unpaired) electrons. The van der Waals surface area contributed by atoms with Gasteiger partial charge in [-0.15, -0.1) is 0 Å². The maximum Gasteiger partial charge on any atom is 0.407 e. The number of cyclic esters (lactones) is 1. The summed E-state index contributed by atoms with van der Waals surface area (Å²) in [6, 6.07) is 0.201. The zero-order valence-electron chi connectivity index (χ0n) is 8.10. The summed E-state index contributed by atoms with van der Waals surface area (Å²) in [6.07, 6.45) is -0.299. The lowest BCUT2D eigenvalue weighted by Gasteiger charge is -1.90. The fraction of sp³-hybridized carbons (Fsp3) is 0.875. The normalized spacial score (nSPS) is 19.7. The molecule has 1 rings (SSSR count). The van der Waals surface area contributed by atoms with Crippen molar-refractivity contribution in [3.05, 3.63) is 0 Å². The SMILES string of the molecule is CC.CC.CC1COC(=O)N1. The zero-order chi connectivity index (χ0) is 9.28. The molecule has 1 aliphatic heterocycles. The molecule has 1 N–H and O–H groups in total. The highest BCUT2D eigenvalue weighted by Gasteiger charge is 2.15. The van der Waals surface area contributed by atoms with Crippen LogP contribution in [0.25, 0.3) is 0 Å². The number of rotatable bonds is 0. The van der Waals surface area contributed by atoms with E-state index >= 15 is 0 Å². The van der Waals surface area contributed by atoms with Crippen molar-refractivity contribution in [2.75, 3.05) is 6.61 Å². The molecular weight excluding hydrogens is 142 g/mol. The van der Waals surface area contributed by atoms with Crippen molar-refractivity contribution in [1.29, 1.82) is 0 Å². The fourth-order valence-corrected chi connectivity index (χ4v) is 0.485. The average Bonchev–Trinajstić information content (AvgIpc) is 2.43. The topological polar surface area (TPSA) is 38.3 Å². The molecule has 0 spiro atoms. The van der Waals surface area contributed by atoms with Crippen LogP contribution in [0.4, 0.5) is 4.79 Å². The van der Waals surface area contributed by atoms with Crippen molar-refractivity contribution in [2.24, 2.45) is 0 Å². The van der Waals surface area contributed by atoms with Crippen LogP contribution in [0.1, 0.15) is 34.6 Å². The molecule has 1 unspecified atom stereocenters. The average molecular weight is 161 g/mol. The summed E-state index contributed by atoms with van der Waals surface area (Å²) in [5.41, 5.74) is 0. The third-order valence-corrected chi connectivity index (χ3v) is 0.829. The Labute approximate surface area is 69.1 Å². The van der Waals surface area contributed by atoms with E-state index in [0.29, 0.717) is 6.61 Å². The Morgan fingerprint density at radius 3 is 1.91 bits per heavy atom. The molecule has 0 saturated carbocycles. The van der Waals surface area contributed by atoms with E-state index in [2.05, 4.69) is 10.1 Å². The fourth-order valence-electron chi connectivity index (χ4n) is 0.485. The highest BCUT2D eigenvalue weighted by molar-refractivity contribution is 5.69. The second-order valence-corrected chi connectivity index (χ2v) is 1.64. The van der Waals surface area contributed by atoms with Crippen molar-refractivity contribution in [2.45, 2.75) is 40.7 Å². The Morgan fingerprint density at radius 1 is 1.36 bits per heavy atom. The highest BCUT2D eigenvalue weighted by atomic mass is 16.6. The predicted octanol–water partition coefficient (Wildman–Crippen LogP) is 2.17. The lowest BCUT2D eigenvalue weighted by atomic mass is 10.4. The minimum absolute atomic E-state index is 0.201. The lowest BCUT2D eigenvalue weighted by molar-refractivity contribution is 0.177. The third kappa shape index (κ3) is 7.16. The number of hydrogen-bond donors (Lipinski definition) is 1. The van der Waals surface area contributed by atoms with E-state index in [1.165, 1.54) is 0 Å². The molecule has 1 amide bonds. The van der Waals surface area contributed by atoms with E-state index in [1.54, 1.807) is 0 Å². The molecular formula is C8H19NO2. The molecule has 1 aliphatic rings. The van der Waals surface area contributed by atoms with Crippen LogP contribution in [0.3, 0.4) is 0 Å². The van der Waals surface area contributed by atoms with Gasteiger partial charge in [-0.2, -0.15) is 0 Å². The van der Waals surface area contributed by atoms with Crippen molar-refractivity contribution in [1.82, 2.24) is 5.32 Å². The van der Waals surface area contributed by atoms with Crippen LogP contribution in [-0.4, -0.2) is 18.7 Å².